The van der Waals surface area contributed by atoms with Gasteiger partial charge in [-0.25, -0.2) is 0 Å². The first-order chi connectivity index (χ1) is 6.62. The Bertz CT molecular complexity index is 369. The SMILES string of the molecule is Cc1cn(C2(C)CCCCC2)c(=S)[nH]1. The number of hydrogen-bond donors (Lipinski definition) is 1. The van der Waals surface area contributed by atoms with E-state index in [4.69, 9.17) is 12.2 Å². The number of aromatic nitrogens is 2. The quantitative estimate of drug-likeness (QED) is 0.703. The Balaban J connectivity index is 2.37. The zero-order valence-corrected chi connectivity index (χ0v) is 9.78. The molecule has 0 spiro atoms. The highest BCUT2D eigenvalue weighted by atomic mass is 32.1. The van der Waals surface area contributed by atoms with Crippen LogP contribution in [0.25, 0.3) is 0 Å². The fourth-order valence-corrected chi connectivity index (χ4v) is 2.90. The molecule has 78 valence electrons. The van der Waals surface area contributed by atoms with Crippen LogP contribution in [-0.2, 0) is 5.54 Å². The predicted molar refractivity (Wildman–Crippen MR) is 61.1 cm³/mol. The Kier molecular flexibility index (Phi) is 2.52. The summed E-state index contributed by atoms with van der Waals surface area (Å²) >= 11 is 5.33. The van der Waals surface area contributed by atoms with Crippen molar-refractivity contribution >= 4 is 12.2 Å². The Morgan fingerprint density at radius 3 is 2.50 bits per heavy atom. The van der Waals surface area contributed by atoms with Crippen LogP contribution < -0.4 is 0 Å². The highest BCUT2D eigenvalue weighted by molar-refractivity contribution is 7.71. The summed E-state index contributed by atoms with van der Waals surface area (Å²) in [5, 5.41) is 0. The summed E-state index contributed by atoms with van der Waals surface area (Å²) < 4.78 is 3.14. The van der Waals surface area contributed by atoms with E-state index in [9.17, 15) is 0 Å². The second-order valence-corrected chi connectivity index (χ2v) is 5.06. The molecule has 0 saturated heterocycles. The van der Waals surface area contributed by atoms with Crippen molar-refractivity contribution in [3.8, 4) is 0 Å². The first kappa shape index (κ1) is 9.97. The third-order valence-corrected chi connectivity index (χ3v) is 3.66. The van der Waals surface area contributed by atoms with Gasteiger partial charge in [0, 0.05) is 17.4 Å². The third-order valence-electron chi connectivity index (χ3n) is 3.36. The number of aryl methyl sites for hydroxylation is 1. The first-order valence-electron chi connectivity index (χ1n) is 5.41. The number of imidazole rings is 1. The van der Waals surface area contributed by atoms with Crippen LogP contribution in [-0.4, -0.2) is 9.55 Å². The maximum absolute atomic E-state index is 5.33. The molecular weight excluding hydrogens is 192 g/mol. The van der Waals surface area contributed by atoms with Gasteiger partial charge in [0.1, 0.15) is 0 Å². The van der Waals surface area contributed by atoms with Gasteiger partial charge < -0.3 is 9.55 Å². The van der Waals surface area contributed by atoms with Gasteiger partial charge in [-0.2, -0.15) is 0 Å². The molecule has 14 heavy (non-hydrogen) atoms. The van der Waals surface area contributed by atoms with E-state index in [0.717, 1.165) is 4.77 Å². The molecule has 1 heterocycles. The monoisotopic (exact) mass is 210 g/mol. The average molecular weight is 210 g/mol. The lowest BCUT2D eigenvalue weighted by atomic mass is 9.83. The lowest BCUT2D eigenvalue weighted by Gasteiger charge is -2.34. The number of aromatic amines is 1. The van der Waals surface area contributed by atoms with E-state index in [0.29, 0.717) is 0 Å². The Hall–Kier alpha value is -0.570. The van der Waals surface area contributed by atoms with Crippen molar-refractivity contribution in [1.82, 2.24) is 9.55 Å². The molecule has 0 radical (unpaired) electrons. The highest BCUT2D eigenvalue weighted by Crippen LogP contribution is 2.34. The topological polar surface area (TPSA) is 20.7 Å². The normalized spacial score (nSPS) is 21.0. The van der Waals surface area contributed by atoms with Gasteiger partial charge in [0.2, 0.25) is 0 Å². The molecule has 2 nitrogen and oxygen atoms in total. The number of nitrogens with zero attached hydrogens (tertiary/aromatic N) is 1. The van der Waals surface area contributed by atoms with Crippen molar-refractivity contribution in [2.24, 2.45) is 0 Å². The van der Waals surface area contributed by atoms with Crippen LogP contribution in [0.2, 0.25) is 0 Å². The molecule has 1 aromatic heterocycles. The molecule has 1 saturated carbocycles. The molecule has 2 rings (SSSR count). The van der Waals surface area contributed by atoms with Crippen LogP contribution in [0.1, 0.15) is 44.7 Å². The van der Waals surface area contributed by atoms with Gasteiger partial charge in [-0.15, -0.1) is 0 Å². The molecule has 0 atom stereocenters. The van der Waals surface area contributed by atoms with Gasteiger partial charge in [-0.1, -0.05) is 19.3 Å². The van der Waals surface area contributed by atoms with E-state index in [2.05, 4.69) is 29.6 Å². The summed E-state index contributed by atoms with van der Waals surface area (Å²) in [6.45, 7) is 4.40. The fourth-order valence-electron chi connectivity index (χ4n) is 2.47. The highest BCUT2D eigenvalue weighted by Gasteiger charge is 2.28. The van der Waals surface area contributed by atoms with Crippen molar-refractivity contribution in [1.29, 1.82) is 0 Å². The first-order valence-corrected chi connectivity index (χ1v) is 5.81. The fraction of sp³-hybridized carbons (Fsp3) is 0.727. The van der Waals surface area contributed by atoms with Gasteiger partial charge in [-0.05, 0) is 38.9 Å². The van der Waals surface area contributed by atoms with E-state index in [1.54, 1.807) is 0 Å². The second-order valence-electron chi connectivity index (χ2n) is 4.67. The minimum Gasteiger partial charge on any atom is -0.335 e. The molecule has 0 aliphatic heterocycles. The average Bonchev–Trinajstić information content (AvgIpc) is 2.47. The summed E-state index contributed by atoms with van der Waals surface area (Å²) in [5.41, 5.74) is 1.43. The molecule has 1 aliphatic rings. The van der Waals surface area contributed by atoms with Crippen LogP contribution in [0.3, 0.4) is 0 Å². The molecular formula is C11H18N2S. The van der Waals surface area contributed by atoms with Gasteiger partial charge in [-0.3, -0.25) is 0 Å². The van der Waals surface area contributed by atoms with Crippen molar-refractivity contribution in [2.75, 3.05) is 0 Å². The number of rotatable bonds is 1. The summed E-state index contributed by atoms with van der Waals surface area (Å²) in [6, 6.07) is 0. The molecule has 1 fully saturated rings. The molecule has 1 aromatic rings. The van der Waals surface area contributed by atoms with E-state index in [1.165, 1.54) is 37.8 Å². The zero-order chi connectivity index (χ0) is 10.2. The molecule has 0 unspecified atom stereocenters. The summed E-state index contributed by atoms with van der Waals surface area (Å²) in [4.78, 5) is 3.21. The molecule has 0 amide bonds. The van der Waals surface area contributed by atoms with Crippen molar-refractivity contribution in [3.05, 3.63) is 16.7 Å². The molecule has 1 N–H and O–H groups in total. The van der Waals surface area contributed by atoms with Gasteiger partial charge in [0.25, 0.3) is 0 Å². The minimum atomic E-state index is 0.264. The Labute approximate surface area is 90.3 Å². The standard InChI is InChI=1S/C11H18N2S/c1-9-8-13(10(14)12-9)11(2)6-4-3-5-7-11/h8H,3-7H2,1-2H3,(H,12,14). The summed E-state index contributed by atoms with van der Waals surface area (Å²) in [6.07, 6.45) is 8.74. The van der Waals surface area contributed by atoms with E-state index < -0.39 is 0 Å². The van der Waals surface area contributed by atoms with Crippen LogP contribution >= 0.6 is 12.2 Å². The lowest BCUT2D eigenvalue weighted by Crippen LogP contribution is -2.32. The van der Waals surface area contributed by atoms with Gasteiger partial charge in [0.15, 0.2) is 4.77 Å². The van der Waals surface area contributed by atoms with Crippen molar-refractivity contribution in [3.63, 3.8) is 0 Å². The van der Waals surface area contributed by atoms with Gasteiger partial charge >= 0.3 is 0 Å². The molecule has 3 heteroatoms. The maximum atomic E-state index is 5.33. The second kappa shape index (κ2) is 3.54. The van der Waals surface area contributed by atoms with Crippen molar-refractivity contribution in [2.45, 2.75) is 51.5 Å². The van der Waals surface area contributed by atoms with Crippen molar-refractivity contribution < 1.29 is 0 Å². The molecule has 0 aromatic carbocycles. The number of hydrogen-bond acceptors (Lipinski definition) is 1. The Morgan fingerprint density at radius 2 is 2.00 bits per heavy atom. The van der Waals surface area contributed by atoms with Crippen LogP contribution in [0.4, 0.5) is 0 Å². The maximum Gasteiger partial charge on any atom is 0.177 e. The van der Waals surface area contributed by atoms with E-state index in [-0.39, 0.29) is 5.54 Å². The largest absolute Gasteiger partial charge is 0.335 e. The number of nitrogens with one attached hydrogen (secondary N) is 1. The van der Waals surface area contributed by atoms with E-state index in [1.807, 2.05) is 0 Å². The smallest absolute Gasteiger partial charge is 0.177 e. The summed E-state index contributed by atoms with van der Waals surface area (Å²) in [7, 11) is 0. The minimum absolute atomic E-state index is 0.264. The Morgan fingerprint density at radius 1 is 1.36 bits per heavy atom. The lowest BCUT2D eigenvalue weighted by molar-refractivity contribution is 0.216. The van der Waals surface area contributed by atoms with E-state index >= 15 is 0 Å². The van der Waals surface area contributed by atoms with Gasteiger partial charge in [0.05, 0.1) is 0 Å². The zero-order valence-electron chi connectivity index (χ0n) is 8.97. The summed E-state index contributed by atoms with van der Waals surface area (Å²) in [5.74, 6) is 0. The number of H-pyrrole nitrogens is 1. The third kappa shape index (κ3) is 1.65. The van der Waals surface area contributed by atoms with Crippen LogP contribution in [0, 0.1) is 11.7 Å². The van der Waals surface area contributed by atoms with Crippen LogP contribution in [0.5, 0.6) is 0 Å². The molecule has 1 aliphatic carbocycles. The van der Waals surface area contributed by atoms with Crippen LogP contribution in [0.15, 0.2) is 6.20 Å². The predicted octanol–water partition coefficient (Wildman–Crippen LogP) is 3.53. The molecule has 0 bridgehead atoms.